The number of thiophene rings is 1. The highest BCUT2D eigenvalue weighted by Gasteiger charge is 2.24. The van der Waals surface area contributed by atoms with Gasteiger partial charge in [-0.2, -0.15) is 11.3 Å². The molecular weight excluding hydrogens is 332 g/mol. The summed E-state index contributed by atoms with van der Waals surface area (Å²) in [5.74, 6) is 0. The van der Waals surface area contributed by atoms with E-state index >= 15 is 0 Å². The number of likely N-dealkylation sites (N-methyl/N-ethyl adjacent to an activating group) is 1. The maximum atomic E-state index is 12.3. The molecule has 25 heavy (non-hydrogen) atoms. The highest BCUT2D eigenvalue weighted by atomic mass is 32.1. The molecule has 134 valence electrons. The van der Waals surface area contributed by atoms with Crippen LogP contribution in [0, 0.1) is 6.92 Å². The Labute approximate surface area is 153 Å². The molecule has 1 unspecified atom stereocenters. The van der Waals surface area contributed by atoms with Crippen molar-refractivity contribution in [3.8, 4) is 0 Å². The quantitative estimate of drug-likeness (QED) is 0.863. The first-order chi connectivity index (χ1) is 12.1. The predicted octanol–water partition coefficient (Wildman–Crippen LogP) is 3.17. The Hall–Kier alpha value is -1.89. The summed E-state index contributed by atoms with van der Waals surface area (Å²) in [6.07, 6.45) is 0. The van der Waals surface area contributed by atoms with E-state index in [2.05, 4.69) is 44.3 Å². The fourth-order valence-corrected chi connectivity index (χ4v) is 3.85. The number of aryl methyl sites for hydroxylation is 1. The Kier molecular flexibility index (Phi) is 6.07. The molecule has 1 atom stereocenters. The highest BCUT2D eigenvalue weighted by Crippen LogP contribution is 2.23. The van der Waals surface area contributed by atoms with Crippen LogP contribution in [0.2, 0.25) is 0 Å². The van der Waals surface area contributed by atoms with Gasteiger partial charge in [-0.05, 0) is 54.1 Å². The van der Waals surface area contributed by atoms with Crippen LogP contribution >= 0.6 is 11.3 Å². The van der Waals surface area contributed by atoms with Crippen molar-refractivity contribution in [3.63, 3.8) is 0 Å². The van der Waals surface area contributed by atoms with Gasteiger partial charge in [0.1, 0.15) is 0 Å². The molecule has 0 spiro atoms. The molecule has 0 saturated carbocycles. The molecule has 1 saturated heterocycles. The molecule has 2 N–H and O–H groups in total. The number of piperazine rings is 1. The average molecular weight is 359 g/mol. The van der Waals surface area contributed by atoms with Crippen LogP contribution in [0.25, 0.3) is 0 Å². The Morgan fingerprint density at radius 3 is 2.72 bits per heavy atom. The standard InChI is InChI=1S/C19H26N4OS/c1-15-4-3-5-17(12-15)21-19(24)20-13-18(16-6-11-25-14-16)23-9-7-22(2)8-10-23/h3-6,11-12,14,18H,7-10,13H2,1-2H3,(H2,20,21,24). The summed E-state index contributed by atoms with van der Waals surface area (Å²) in [5, 5.41) is 10.3. The summed E-state index contributed by atoms with van der Waals surface area (Å²) in [4.78, 5) is 17.1. The Bertz CT molecular complexity index is 680. The molecule has 0 aliphatic carbocycles. The third-order valence-corrected chi connectivity index (χ3v) is 5.34. The van der Waals surface area contributed by atoms with Gasteiger partial charge in [-0.3, -0.25) is 4.90 Å². The van der Waals surface area contributed by atoms with Crippen molar-refractivity contribution in [2.75, 3.05) is 45.1 Å². The van der Waals surface area contributed by atoms with Crippen LogP contribution in [0.5, 0.6) is 0 Å². The number of urea groups is 1. The number of nitrogens with one attached hydrogen (secondary N) is 2. The van der Waals surface area contributed by atoms with Gasteiger partial charge in [-0.15, -0.1) is 0 Å². The summed E-state index contributed by atoms with van der Waals surface area (Å²) in [7, 11) is 2.16. The second kappa shape index (κ2) is 8.47. The Morgan fingerprint density at radius 1 is 1.24 bits per heavy atom. The van der Waals surface area contributed by atoms with E-state index in [1.165, 1.54) is 5.56 Å². The van der Waals surface area contributed by atoms with Gasteiger partial charge in [-0.1, -0.05) is 12.1 Å². The largest absolute Gasteiger partial charge is 0.336 e. The Balaban J connectivity index is 1.59. The van der Waals surface area contributed by atoms with E-state index in [1.807, 2.05) is 31.2 Å². The van der Waals surface area contributed by atoms with Crippen molar-refractivity contribution in [1.29, 1.82) is 0 Å². The monoisotopic (exact) mass is 358 g/mol. The van der Waals surface area contributed by atoms with Crippen molar-refractivity contribution >= 4 is 23.1 Å². The molecule has 2 heterocycles. The molecule has 3 rings (SSSR count). The maximum absolute atomic E-state index is 12.3. The third kappa shape index (κ3) is 5.04. The first kappa shape index (κ1) is 17.9. The van der Waals surface area contributed by atoms with E-state index < -0.39 is 0 Å². The lowest BCUT2D eigenvalue weighted by atomic mass is 10.1. The van der Waals surface area contributed by atoms with Crippen LogP contribution in [0.3, 0.4) is 0 Å². The van der Waals surface area contributed by atoms with Crippen molar-refractivity contribution in [3.05, 3.63) is 52.2 Å². The van der Waals surface area contributed by atoms with Crippen LogP contribution < -0.4 is 10.6 Å². The van der Waals surface area contributed by atoms with Crippen molar-refractivity contribution in [2.45, 2.75) is 13.0 Å². The molecule has 1 aromatic carbocycles. The molecule has 1 aromatic heterocycles. The number of carbonyl (C=O) groups is 1. The minimum Gasteiger partial charge on any atom is -0.336 e. The number of benzene rings is 1. The van der Waals surface area contributed by atoms with Crippen LogP contribution in [-0.2, 0) is 0 Å². The number of rotatable bonds is 5. The van der Waals surface area contributed by atoms with Gasteiger partial charge in [0.2, 0.25) is 0 Å². The second-order valence-electron chi connectivity index (χ2n) is 6.62. The fourth-order valence-electron chi connectivity index (χ4n) is 3.14. The fraction of sp³-hybridized carbons (Fsp3) is 0.421. The van der Waals surface area contributed by atoms with Gasteiger partial charge < -0.3 is 15.5 Å². The summed E-state index contributed by atoms with van der Waals surface area (Å²) < 4.78 is 0. The minimum absolute atomic E-state index is 0.153. The summed E-state index contributed by atoms with van der Waals surface area (Å²) in [6.45, 7) is 6.81. The molecular formula is C19H26N4OS. The van der Waals surface area contributed by atoms with Crippen LogP contribution in [0.4, 0.5) is 10.5 Å². The summed E-state index contributed by atoms with van der Waals surface area (Å²) >= 11 is 1.71. The second-order valence-corrected chi connectivity index (χ2v) is 7.40. The average Bonchev–Trinajstić information content (AvgIpc) is 3.11. The summed E-state index contributed by atoms with van der Waals surface area (Å²) in [6, 6.07) is 10.1. The van der Waals surface area contributed by atoms with Crippen molar-refractivity contribution in [2.24, 2.45) is 0 Å². The molecule has 1 aliphatic heterocycles. The van der Waals surface area contributed by atoms with Crippen molar-refractivity contribution in [1.82, 2.24) is 15.1 Å². The zero-order valence-corrected chi connectivity index (χ0v) is 15.7. The van der Waals surface area contributed by atoms with Gasteiger partial charge in [0.25, 0.3) is 0 Å². The molecule has 2 aromatic rings. The highest BCUT2D eigenvalue weighted by molar-refractivity contribution is 7.07. The predicted molar refractivity (Wildman–Crippen MR) is 104 cm³/mol. The molecule has 5 nitrogen and oxygen atoms in total. The Morgan fingerprint density at radius 2 is 2.04 bits per heavy atom. The number of hydrogen-bond acceptors (Lipinski definition) is 4. The van der Waals surface area contributed by atoms with Gasteiger partial charge in [0.15, 0.2) is 0 Å². The lowest BCUT2D eigenvalue weighted by Crippen LogP contribution is -2.48. The van der Waals surface area contributed by atoms with E-state index in [4.69, 9.17) is 0 Å². The zero-order chi connectivity index (χ0) is 17.6. The lowest BCUT2D eigenvalue weighted by Gasteiger charge is -2.37. The smallest absolute Gasteiger partial charge is 0.319 e. The molecule has 0 radical (unpaired) electrons. The molecule has 2 amide bonds. The van der Waals surface area contributed by atoms with Gasteiger partial charge in [0.05, 0.1) is 6.04 Å². The van der Waals surface area contributed by atoms with E-state index in [1.54, 1.807) is 11.3 Å². The van der Waals surface area contributed by atoms with Crippen LogP contribution in [-0.4, -0.2) is 55.6 Å². The number of amides is 2. The van der Waals surface area contributed by atoms with Gasteiger partial charge >= 0.3 is 6.03 Å². The molecule has 1 aliphatic rings. The number of hydrogen-bond donors (Lipinski definition) is 2. The van der Waals surface area contributed by atoms with E-state index in [-0.39, 0.29) is 12.1 Å². The van der Waals surface area contributed by atoms with E-state index in [0.29, 0.717) is 6.54 Å². The maximum Gasteiger partial charge on any atom is 0.319 e. The third-order valence-electron chi connectivity index (χ3n) is 4.64. The SMILES string of the molecule is Cc1cccc(NC(=O)NCC(c2ccsc2)N2CCN(C)CC2)c1. The zero-order valence-electron chi connectivity index (χ0n) is 14.9. The molecule has 1 fully saturated rings. The van der Waals surface area contributed by atoms with Gasteiger partial charge in [-0.25, -0.2) is 4.79 Å². The lowest BCUT2D eigenvalue weighted by molar-refractivity contribution is 0.111. The van der Waals surface area contributed by atoms with Crippen LogP contribution in [0.1, 0.15) is 17.2 Å². The number of carbonyl (C=O) groups excluding carboxylic acids is 1. The minimum atomic E-state index is -0.153. The first-order valence-electron chi connectivity index (χ1n) is 8.68. The molecule has 0 bridgehead atoms. The van der Waals surface area contributed by atoms with Crippen molar-refractivity contribution < 1.29 is 4.79 Å². The topological polar surface area (TPSA) is 47.6 Å². The number of anilines is 1. The normalized spacial score (nSPS) is 17.2. The van der Waals surface area contributed by atoms with Crippen LogP contribution in [0.15, 0.2) is 41.1 Å². The molecule has 6 heteroatoms. The van der Waals surface area contributed by atoms with E-state index in [0.717, 1.165) is 37.4 Å². The van der Waals surface area contributed by atoms with Gasteiger partial charge in [0, 0.05) is 38.4 Å². The first-order valence-corrected chi connectivity index (χ1v) is 9.62. The summed E-state index contributed by atoms with van der Waals surface area (Å²) in [5.41, 5.74) is 3.24. The number of nitrogens with zero attached hydrogens (tertiary/aromatic N) is 2. The van der Waals surface area contributed by atoms with E-state index in [9.17, 15) is 4.79 Å².